The number of rotatable bonds is 2. The number of hydrogen-bond donors (Lipinski definition) is 0. The minimum absolute atomic E-state index is 0.556. The molecule has 0 nitrogen and oxygen atoms in total. The molecule has 0 aromatic heterocycles. The van der Waals surface area contributed by atoms with Crippen molar-refractivity contribution in [1.82, 2.24) is 0 Å². The van der Waals surface area contributed by atoms with Gasteiger partial charge >= 0.3 is 35.6 Å². The Bertz CT molecular complexity index is 1310. The molecule has 35 heavy (non-hydrogen) atoms. The molecule has 0 unspecified atom stereocenters. The molecule has 0 saturated heterocycles. The molecule has 174 valence electrons. The molecule has 0 spiro atoms. The van der Waals surface area contributed by atoms with E-state index in [1.165, 1.54) is 54.9 Å². The molecule has 0 fully saturated rings. The van der Waals surface area contributed by atoms with Gasteiger partial charge in [-0.05, 0) is 13.8 Å². The zero-order valence-electron chi connectivity index (χ0n) is 19.8. The molecule has 6 aromatic rings. The summed E-state index contributed by atoms with van der Waals surface area (Å²) in [6.07, 6.45) is 0. The Morgan fingerprint density at radius 3 is 1.20 bits per heavy atom. The summed E-state index contributed by atoms with van der Waals surface area (Å²) in [5.74, 6) is 0. The molecule has 3 heteroatoms. The molecular formula is C32H26Cl2Ti-2. The second-order valence-corrected chi connectivity index (χ2v) is 11.1. The van der Waals surface area contributed by atoms with E-state index in [2.05, 4.69) is 135 Å². The Hall–Kier alpha value is -2.61. The van der Waals surface area contributed by atoms with E-state index in [1.54, 1.807) is 0 Å². The standard InChI is InChI=1S/2C16H13.2ClH.Ti/c2*1-12-6-8-13(9-7-12)16-10-14-4-2-3-5-15(14)11-16;;;/h2*2-11H,1H3;2*1H;/q2*-1;;;+2/p-2. The van der Waals surface area contributed by atoms with Gasteiger partial charge in [0.1, 0.15) is 0 Å². The Morgan fingerprint density at radius 2 is 0.857 bits per heavy atom. The fraction of sp³-hybridized carbons (Fsp3) is 0.0625. The van der Waals surface area contributed by atoms with Crippen LogP contribution in [-0.4, -0.2) is 0 Å². The summed E-state index contributed by atoms with van der Waals surface area (Å²) in [6.45, 7) is 4.23. The summed E-state index contributed by atoms with van der Waals surface area (Å²) < 4.78 is 0. The van der Waals surface area contributed by atoms with Crippen molar-refractivity contribution in [2.75, 3.05) is 0 Å². The monoisotopic (exact) mass is 528 g/mol. The maximum absolute atomic E-state index is 4.89. The Kier molecular flexibility index (Phi) is 9.02. The van der Waals surface area contributed by atoms with Crippen LogP contribution in [0.15, 0.2) is 121 Å². The summed E-state index contributed by atoms with van der Waals surface area (Å²) in [5, 5.41) is 5.27. The first kappa shape index (κ1) is 25.5. The molecule has 0 aliphatic carbocycles. The summed E-state index contributed by atoms with van der Waals surface area (Å²) in [7, 11) is 9.78. The molecule has 0 radical (unpaired) electrons. The fourth-order valence-electron chi connectivity index (χ4n) is 4.13. The number of hydrogen-bond acceptors (Lipinski definition) is 0. The van der Waals surface area contributed by atoms with Gasteiger partial charge in [-0.3, -0.25) is 0 Å². The molecule has 0 atom stereocenters. The normalized spacial score (nSPS) is 10.3. The summed E-state index contributed by atoms with van der Waals surface area (Å²) >= 11 is -0.556. The van der Waals surface area contributed by atoms with Gasteiger partial charge in [-0.25, -0.2) is 0 Å². The van der Waals surface area contributed by atoms with Crippen LogP contribution in [0.5, 0.6) is 0 Å². The van der Waals surface area contributed by atoms with Crippen LogP contribution in [0.2, 0.25) is 0 Å². The van der Waals surface area contributed by atoms with Crippen molar-refractivity contribution in [2.45, 2.75) is 13.8 Å². The molecule has 0 aliphatic rings. The van der Waals surface area contributed by atoms with Gasteiger partial charge in [-0.1, -0.05) is 107 Å². The predicted octanol–water partition coefficient (Wildman–Crippen LogP) is 10.4. The molecule has 0 heterocycles. The molecular weight excluding hydrogens is 503 g/mol. The van der Waals surface area contributed by atoms with E-state index in [0.29, 0.717) is 0 Å². The number of fused-ring (bicyclic) bond motifs is 2. The molecule has 6 rings (SSSR count). The zero-order chi connectivity index (χ0) is 24.6. The van der Waals surface area contributed by atoms with E-state index in [0.717, 1.165) is 0 Å². The van der Waals surface area contributed by atoms with Crippen LogP contribution in [0, 0.1) is 13.8 Å². The van der Waals surface area contributed by atoms with Crippen LogP contribution in [0.4, 0.5) is 0 Å². The van der Waals surface area contributed by atoms with Crippen molar-refractivity contribution < 1.29 is 17.0 Å². The quantitative estimate of drug-likeness (QED) is 0.155. The average Bonchev–Trinajstić information content (AvgIpc) is 3.50. The maximum atomic E-state index is 4.89. The number of halogens is 2. The van der Waals surface area contributed by atoms with E-state index in [9.17, 15) is 0 Å². The van der Waals surface area contributed by atoms with Crippen LogP contribution >= 0.6 is 18.6 Å². The predicted molar refractivity (Wildman–Crippen MR) is 151 cm³/mol. The third-order valence-corrected chi connectivity index (χ3v) is 6.01. The van der Waals surface area contributed by atoms with Crippen LogP contribution in [0.1, 0.15) is 11.1 Å². The van der Waals surface area contributed by atoms with Crippen molar-refractivity contribution in [1.29, 1.82) is 0 Å². The van der Waals surface area contributed by atoms with E-state index >= 15 is 0 Å². The molecule has 0 N–H and O–H groups in total. The second-order valence-electron chi connectivity index (χ2n) is 8.55. The van der Waals surface area contributed by atoms with Gasteiger partial charge in [0, 0.05) is 0 Å². The number of aryl methyl sites for hydroxylation is 2. The van der Waals surface area contributed by atoms with Crippen molar-refractivity contribution in [2.24, 2.45) is 0 Å². The molecule has 0 saturated carbocycles. The van der Waals surface area contributed by atoms with Crippen molar-refractivity contribution in [3.8, 4) is 22.3 Å². The number of benzene rings is 4. The topological polar surface area (TPSA) is 0 Å². The molecule has 0 bridgehead atoms. The van der Waals surface area contributed by atoms with Crippen LogP contribution in [-0.2, 0) is 17.0 Å². The second kappa shape index (κ2) is 12.4. The third kappa shape index (κ3) is 6.75. The SMILES string of the molecule is Cc1ccc(-c2cc3ccccc3[cH-]2)cc1.Cc1ccc(-c2cc3ccccc3[cH-]2)cc1.[Cl][Ti][Cl]. The van der Waals surface area contributed by atoms with Gasteiger partial charge in [-0.2, -0.15) is 0 Å². The van der Waals surface area contributed by atoms with E-state index in [-0.39, 0.29) is 0 Å². The van der Waals surface area contributed by atoms with Crippen molar-refractivity contribution in [3.63, 3.8) is 0 Å². The summed E-state index contributed by atoms with van der Waals surface area (Å²) in [5.41, 5.74) is 7.81. The van der Waals surface area contributed by atoms with E-state index in [4.69, 9.17) is 18.6 Å². The average molecular weight is 529 g/mol. The Labute approximate surface area is 224 Å². The van der Waals surface area contributed by atoms with E-state index in [1.807, 2.05) is 0 Å². The summed E-state index contributed by atoms with van der Waals surface area (Å²) in [6, 6.07) is 43.4. The van der Waals surface area contributed by atoms with Gasteiger partial charge in [0.2, 0.25) is 0 Å². The Morgan fingerprint density at radius 1 is 0.514 bits per heavy atom. The van der Waals surface area contributed by atoms with Crippen LogP contribution in [0.25, 0.3) is 43.8 Å². The Balaban J connectivity index is 0.000000149. The first-order chi connectivity index (χ1) is 17.1. The first-order valence-corrected chi connectivity index (χ1v) is 15.8. The fourth-order valence-corrected chi connectivity index (χ4v) is 4.13. The minimum atomic E-state index is -0.556. The molecule has 0 amide bonds. The van der Waals surface area contributed by atoms with E-state index < -0.39 is 17.0 Å². The van der Waals surface area contributed by atoms with Crippen LogP contribution < -0.4 is 0 Å². The molecule has 6 aromatic carbocycles. The first-order valence-electron chi connectivity index (χ1n) is 11.5. The zero-order valence-corrected chi connectivity index (χ0v) is 22.9. The van der Waals surface area contributed by atoms with Gasteiger partial charge in [0.05, 0.1) is 0 Å². The van der Waals surface area contributed by atoms with Crippen molar-refractivity contribution in [3.05, 3.63) is 132 Å². The van der Waals surface area contributed by atoms with Gasteiger partial charge in [0.25, 0.3) is 0 Å². The van der Waals surface area contributed by atoms with Gasteiger partial charge in [0.15, 0.2) is 0 Å². The van der Waals surface area contributed by atoms with Crippen molar-refractivity contribution >= 4 is 40.2 Å². The van der Waals surface area contributed by atoms with Gasteiger partial charge < -0.3 is 0 Å². The molecule has 0 aliphatic heterocycles. The third-order valence-electron chi connectivity index (χ3n) is 6.01. The van der Waals surface area contributed by atoms with Gasteiger partial charge in [-0.15, -0.1) is 69.1 Å². The van der Waals surface area contributed by atoms with Crippen LogP contribution in [0.3, 0.4) is 0 Å². The summed E-state index contributed by atoms with van der Waals surface area (Å²) in [4.78, 5) is 0.